The van der Waals surface area contributed by atoms with Gasteiger partial charge >= 0.3 is 6.18 Å². The number of primary amides is 1. The lowest BCUT2D eigenvalue weighted by atomic mass is 9.62. The van der Waals surface area contributed by atoms with Crippen molar-refractivity contribution in [1.29, 1.82) is 0 Å². The molecular weight excluding hydrogens is 333 g/mol. The molecule has 2 aliphatic rings. The van der Waals surface area contributed by atoms with Crippen LogP contribution in [0.3, 0.4) is 0 Å². The number of likely N-dealkylation sites (tertiary alicyclic amines) is 1. The molecule has 1 aliphatic carbocycles. The highest BCUT2D eigenvalue weighted by atomic mass is 19.4. The van der Waals surface area contributed by atoms with Crippen molar-refractivity contribution in [3.63, 3.8) is 0 Å². The molecule has 1 saturated heterocycles. The number of fused-ring (bicyclic) bond motifs is 2. The van der Waals surface area contributed by atoms with Crippen LogP contribution < -0.4 is 5.73 Å². The fraction of sp³-hybridized carbons (Fsp3) is 0.611. The predicted molar refractivity (Wildman–Crippen MR) is 87.0 cm³/mol. The van der Waals surface area contributed by atoms with Crippen LogP contribution >= 0.6 is 0 Å². The number of hydrogen-bond donors (Lipinski definition) is 1. The quantitative estimate of drug-likeness (QED) is 0.903. The van der Waals surface area contributed by atoms with E-state index in [-0.39, 0.29) is 11.8 Å². The first-order chi connectivity index (χ1) is 11.7. The molecule has 1 unspecified atom stereocenters. The minimum Gasteiger partial charge on any atom is -0.366 e. The van der Waals surface area contributed by atoms with Crippen LogP contribution in [0.2, 0.25) is 0 Å². The first-order valence-corrected chi connectivity index (χ1v) is 8.52. The molecular formula is C18H23F3N2O2. The molecule has 1 saturated carbocycles. The maximum atomic E-state index is 12.9. The molecule has 138 valence electrons. The Morgan fingerprint density at radius 3 is 2.52 bits per heavy atom. The first kappa shape index (κ1) is 18.2. The van der Waals surface area contributed by atoms with Crippen LogP contribution in [0.1, 0.15) is 35.2 Å². The molecule has 1 amide bonds. The van der Waals surface area contributed by atoms with Gasteiger partial charge in [-0.3, -0.25) is 4.79 Å². The molecule has 1 aliphatic heterocycles. The van der Waals surface area contributed by atoms with Crippen LogP contribution in [-0.2, 0) is 10.3 Å². The Balaban J connectivity index is 2.06. The van der Waals surface area contributed by atoms with E-state index >= 15 is 0 Å². The van der Waals surface area contributed by atoms with Gasteiger partial charge in [0.1, 0.15) is 12.2 Å². The zero-order chi connectivity index (χ0) is 18.2. The van der Waals surface area contributed by atoms with Gasteiger partial charge in [0.05, 0.1) is 0 Å². The van der Waals surface area contributed by atoms with Crippen LogP contribution in [0, 0.1) is 11.8 Å². The summed E-state index contributed by atoms with van der Waals surface area (Å²) >= 11 is 0. The lowest BCUT2D eigenvalue weighted by Crippen LogP contribution is -2.59. The molecule has 0 aromatic heterocycles. The molecule has 1 aromatic carbocycles. The number of carbonyl (C=O) groups excluding carboxylic acids is 1. The van der Waals surface area contributed by atoms with Crippen molar-refractivity contribution in [2.45, 2.75) is 31.0 Å². The van der Waals surface area contributed by atoms with Gasteiger partial charge in [-0.2, -0.15) is 13.2 Å². The van der Waals surface area contributed by atoms with E-state index in [4.69, 9.17) is 10.5 Å². The summed E-state index contributed by atoms with van der Waals surface area (Å²) < 4.78 is 44.5. The van der Waals surface area contributed by atoms with Crippen molar-refractivity contribution in [2.75, 3.05) is 26.7 Å². The van der Waals surface area contributed by atoms with E-state index < -0.39 is 24.3 Å². The summed E-state index contributed by atoms with van der Waals surface area (Å²) in [5.74, 6) is -0.683. The Kier molecular flexibility index (Phi) is 4.81. The average molecular weight is 356 g/mol. The van der Waals surface area contributed by atoms with E-state index in [9.17, 15) is 18.0 Å². The lowest BCUT2D eigenvalue weighted by molar-refractivity contribution is -0.251. The number of nitrogens with zero attached hydrogens (tertiary/aromatic N) is 1. The van der Waals surface area contributed by atoms with E-state index in [2.05, 4.69) is 4.90 Å². The number of piperidine rings is 1. The van der Waals surface area contributed by atoms with Crippen molar-refractivity contribution in [2.24, 2.45) is 17.6 Å². The summed E-state index contributed by atoms with van der Waals surface area (Å²) in [4.78, 5) is 13.7. The number of alkyl halides is 3. The van der Waals surface area contributed by atoms with Crippen molar-refractivity contribution < 1.29 is 22.7 Å². The minimum atomic E-state index is -4.40. The van der Waals surface area contributed by atoms with Gasteiger partial charge in [0, 0.05) is 30.5 Å². The highest BCUT2D eigenvalue weighted by Crippen LogP contribution is 2.52. The third kappa shape index (κ3) is 3.53. The van der Waals surface area contributed by atoms with E-state index in [1.54, 1.807) is 24.3 Å². The number of amides is 1. The summed E-state index contributed by atoms with van der Waals surface area (Å²) in [7, 11) is 1.98. The second kappa shape index (κ2) is 6.61. The van der Waals surface area contributed by atoms with Crippen LogP contribution in [0.5, 0.6) is 0 Å². The van der Waals surface area contributed by atoms with Crippen molar-refractivity contribution in [3.05, 3.63) is 35.4 Å². The topological polar surface area (TPSA) is 55.6 Å². The highest BCUT2D eigenvalue weighted by Gasteiger charge is 2.54. The molecule has 0 radical (unpaired) electrons. The van der Waals surface area contributed by atoms with Crippen LogP contribution in [-0.4, -0.2) is 43.7 Å². The third-order valence-electron chi connectivity index (χ3n) is 5.46. The van der Waals surface area contributed by atoms with E-state index in [1.807, 2.05) is 7.05 Å². The third-order valence-corrected chi connectivity index (χ3v) is 5.46. The van der Waals surface area contributed by atoms with Crippen molar-refractivity contribution >= 4 is 5.91 Å². The van der Waals surface area contributed by atoms with Gasteiger partial charge in [-0.05, 0) is 37.6 Å². The molecule has 3 rings (SSSR count). The SMILES string of the molecule is CN1C[C@H]2CCC[C@@H](C1)C2(OCC(F)(F)F)c1cccc(C(N)=O)c1. The standard InChI is InChI=1S/C18H23F3N2O2/c1-23-9-14-6-3-7-15(10-23)18(14,25-11-17(19,20)21)13-5-2-4-12(8-13)16(22)24/h2,4-5,8,14-15H,3,6-7,9-11H2,1H3,(H2,22,24)/t14-,15+,18?. The summed E-state index contributed by atoms with van der Waals surface area (Å²) in [5.41, 5.74) is 5.28. The van der Waals surface area contributed by atoms with Gasteiger partial charge in [0.2, 0.25) is 5.91 Å². The van der Waals surface area contributed by atoms with Gasteiger partial charge in [-0.1, -0.05) is 18.6 Å². The number of benzene rings is 1. The van der Waals surface area contributed by atoms with E-state index in [0.29, 0.717) is 24.2 Å². The van der Waals surface area contributed by atoms with Crippen LogP contribution in [0.25, 0.3) is 0 Å². The summed E-state index contributed by atoms with van der Waals surface area (Å²) in [6.07, 6.45) is -1.80. The molecule has 2 fully saturated rings. The van der Waals surface area contributed by atoms with Gasteiger partial charge in [-0.15, -0.1) is 0 Å². The van der Waals surface area contributed by atoms with E-state index in [1.165, 1.54) is 0 Å². The number of ether oxygens (including phenoxy) is 1. The van der Waals surface area contributed by atoms with Gasteiger partial charge in [0.15, 0.2) is 0 Å². The summed E-state index contributed by atoms with van der Waals surface area (Å²) in [5, 5.41) is 0. The molecule has 2 bridgehead atoms. The van der Waals surface area contributed by atoms with Crippen molar-refractivity contribution in [3.8, 4) is 0 Å². The number of rotatable bonds is 4. The molecule has 4 nitrogen and oxygen atoms in total. The average Bonchev–Trinajstić information content (AvgIpc) is 2.52. The Labute approximate surface area is 145 Å². The molecule has 0 spiro atoms. The molecule has 1 aromatic rings. The zero-order valence-electron chi connectivity index (χ0n) is 14.2. The maximum Gasteiger partial charge on any atom is 0.411 e. The second-order valence-corrected chi connectivity index (χ2v) is 7.19. The Hall–Kier alpha value is -1.60. The number of halogens is 3. The summed E-state index contributed by atoms with van der Waals surface area (Å²) in [6.45, 7) is 0.0643. The predicted octanol–water partition coefficient (Wildman–Crippen LogP) is 2.92. The minimum absolute atomic E-state index is 0.0459. The zero-order valence-corrected chi connectivity index (χ0v) is 14.2. The van der Waals surface area contributed by atoms with Crippen molar-refractivity contribution in [1.82, 2.24) is 4.90 Å². The smallest absolute Gasteiger partial charge is 0.366 e. The Morgan fingerprint density at radius 2 is 1.96 bits per heavy atom. The Bertz CT molecular complexity index is 633. The Morgan fingerprint density at radius 1 is 1.32 bits per heavy atom. The molecule has 25 heavy (non-hydrogen) atoms. The number of hydrogen-bond acceptors (Lipinski definition) is 3. The van der Waals surface area contributed by atoms with Crippen LogP contribution in [0.4, 0.5) is 13.2 Å². The fourth-order valence-electron chi connectivity index (χ4n) is 4.56. The second-order valence-electron chi connectivity index (χ2n) is 7.19. The van der Waals surface area contributed by atoms with E-state index in [0.717, 1.165) is 19.3 Å². The highest BCUT2D eigenvalue weighted by molar-refractivity contribution is 5.92. The molecule has 7 heteroatoms. The van der Waals surface area contributed by atoms with Gasteiger partial charge in [-0.25, -0.2) is 0 Å². The van der Waals surface area contributed by atoms with Crippen LogP contribution in [0.15, 0.2) is 24.3 Å². The maximum absolute atomic E-state index is 12.9. The van der Waals surface area contributed by atoms with Gasteiger partial charge in [0.25, 0.3) is 0 Å². The molecule has 2 N–H and O–H groups in total. The largest absolute Gasteiger partial charge is 0.411 e. The molecule has 3 atom stereocenters. The first-order valence-electron chi connectivity index (χ1n) is 8.52. The monoisotopic (exact) mass is 356 g/mol. The number of carbonyl (C=O) groups is 1. The molecule has 1 heterocycles. The fourth-order valence-corrected chi connectivity index (χ4v) is 4.56. The number of nitrogens with two attached hydrogens (primary N) is 1. The lowest BCUT2D eigenvalue weighted by Gasteiger charge is -2.55. The van der Waals surface area contributed by atoms with Gasteiger partial charge < -0.3 is 15.4 Å². The summed E-state index contributed by atoms with van der Waals surface area (Å²) in [6, 6.07) is 6.62. The normalized spacial score (nSPS) is 30.2.